The Balaban J connectivity index is 1.71. The predicted molar refractivity (Wildman–Crippen MR) is 130 cm³/mol. The minimum atomic E-state index is -0.586. The summed E-state index contributed by atoms with van der Waals surface area (Å²) in [4.78, 5) is 24.8. The van der Waals surface area contributed by atoms with Gasteiger partial charge >= 0.3 is 5.97 Å². The molecule has 0 bridgehead atoms. The Kier molecular flexibility index (Phi) is 8.15. The maximum Gasteiger partial charge on any atom is 0.338 e. The predicted octanol–water partition coefficient (Wildman–Crippen LogP) is 2.88. The Morgan fingerprint density at radius 3 is 2.61 bits per heavy atom. The van der Waals surface area contributed by atoms with Crippen LogP contribution in [0.1, 0.15) is 36.6 Å². The fourth-order valence-corrected chi connectivity index (χ4v) is 3.53. The van der Waals surface area contributed by atoms with Crippen molar-refractivity contribution >= 4 is 35.4 Å². The number of nitrogens with one attached hydrogen (secondary N) is 3. The van der Waals surface area contributed by atoms with Gasteiger partial charge in [0.05, 0.1) is 24.4 Å². The van der Waals surface area contributed by atoms with Crippen molar-refractivity contribution in [2.45, 2.75) is 26.8 Å². The first-order valence-corrected chi connectivity index (χ1v) is 10.9. The second-order valence-electron chi connectivity index (χ2n) is 7.32. The molecule has 3 rings (SSSR count). The third-order valence-electron chi connectivity index (χ3n) is 4.83. The van der Waals surface area contributed by atoms with Crippen LogP contribution < -0.4 is 20.8 Å². The van der Waals surface area contributed by atoms with E-state index in [1.807, 2.05) is 37.3 Å². The number of allylic oxidation sites excluding steroid dienone is 1. The molecular formula is C24H26N4O4S. The van der Waals surface area contributed by atoms with Gasteiger partial charge in [-0.1, -0.05) is 48.0 Å². The zero-order valence-corrected chi connectivity index (χ0v) is 19.5. The van der Waals surface area contributed by atoms with E-state index in [2.05, 4.69) is 21.2 Å². The molecule has 33 heavy (non-hydrogen) atoms. The molecule has 1 aliphatic rings. The van der Waals surface area contributed by atoms with Crippen LogP contribution in [0.5, 0.6) is 5.75 Å². The van der Waals surface area contributed by atoms with Gasteiger partial charge in [-0.25, -0.2) is 10.2 Å². The van der Waals surface area contributed by atoms with E-state index in [4.69, 9.17) is 21.7 Å². The summed E-state index contributed by atoms with van der Waals surface area (Å²) < 4.78 is 11.0. The lowest BCUT2D eigenvalue weighted by Gasteiger charge is -2.30. The van der Waals surface area contributed by atoms with Gasteiger partial charge in [0.2, 0.25) is 0 Å². The maximum absolute atomic E-state index is 12.6. The molecule has 1 atom stereocenters. The van der Waals surface area contributed by atoms with Crippen LogP contribution in [-0.4, -0.2) is 36.4 Å². The number of para-hydroxylation sites is 1. The molecule has 1 amide bonds. The van der Waals surface area contributed by atoms with Gasteiger partial charge in [0.15, 0.2) is 11.7 Å². The lowest BCUT2D eigenvalue weighted by Crippen LogP contribution is -2.45. The van der Waals surface area contributed by atoms with Crippen molar-refractivity contribution in [3.63, 3.8) is 0 Å². The molecule has 9 heteroatoms. The number of esters is 1. The Morgan fingerprint density at radius 2 is 1.88 bits per heavy atom. The van der Waals surface area contributed by atoms with Crippen molar-refractivity contribution in [2.75, 3.05) is 13.2 Å². The number of nitrogens with zero attached hydrogens (tertiary/aromatic N) is 1. The van der Waals surface area contributed by atoms with Gasteiger partial charge < -0.3 is 20.1 Å². The third-order valence-corrected chi connectivity index (χ3v) is 5.05. The number of carbonyl (C=O) groups excluding carboxylic acids is 2. The minimum absolute atomic E-state index is 0.244. The van der Waals surface area contributed by atoms with E-state index in [0.717, 1.165) is 11.1 Å². The quantitative estimate of drug-likeness (QED) is 0.238. The summed E-state index contributed by atoms with van der Waals surface area (Å²) in [6, 6.07) is 14.3. The fraction of sp³-hybridized carbons (Fsp3) is 0.250. The van der Waals surface area contributed by atoms with Gasteiger partial charge in [0.25, 0.3) is 5.91 Å². The van der Waals surface area contributed by atoms with E-state index in [1.54, 1.807) is 38.3 Å². The molecule has 0 aliphatic carbocycles. The number of hydrogen-bond donors (Lipinski definition) is 3. The molecule has 0 fully saturated rings. The molecule has 3 N–H and O–H groups in total. The van der Waals surface area contributed by atoms with Gasteiger partial charge in [-0.3, -0.25) is 4.79 Å². The molecule has 1 heterocycles. The molecule has 0 saturated heterocycles. The summed E-state index contributed by atoms with van der Waals surface area (Å²) in [6.07, 6.45) is 1.56. The molecule has 0 radical (unpaired) electrons. The zero-order chi connectivity index (χ0) is 23.8. The zero-order valence-electron chi connectivity index (χ0n) is 18.7. The number of hydrogen-bond acceptors (Lipinski definition) is 6. The first-order valence-electron chi connectivity index (χ1n) is 10.4. The van der Waals surface area contributed by atoms with E-state index in [9.17, 15) is 9.59 Å². The Bertz CT molecular complexity index is 1100. The van der Waals surface area contributed by atoms with Crippen LogP contribution in [0.2, 0.25) is 0 Å². The van der Waals surface area contributed by atoms with Crippen LogP contribution in [0.15, 0.2) is 64.9 Å². The van der Waals surface area contributed by atoms with Crippen molar-refractivity contribution in [2.24, 2.45) is 5.10 Å². The van der Waals surface area contributed by atoms with Gasteiger partial charge in [0, 0.05) is 11.3 Å². The first kappa shape index (κ1) is 23.9. The smallest absolute Gasteiger partial charge is 0.338 e. The number of carbonyl (C=O) groups is 2. The molecule has 0 spiro atoms. The Labute approximate surface area is 198 Å². The largest absolute Gasteiger partial charge is 0.483 e. The monoisotopic (exact) mass is 466 g/mol. The van der Waals surface area contributed by atoms with Crippen molar-refractivity contribution in [3.05, 3.63) is 76.5 Å². The highest BCUT2D eigenvalue weighted by molar-refractivity contribution is 7.80. The number of aryl methyl sites for hydroxylation is 1. The molecule has 8 nitrogen and oxygen atoms in total. The average molecular weight is 467 g/mol. The Hall–Kier alpha value is -3.72. The van der Waals surface area contributed by atoms with Crippen LogP contribution in [0, 0.1) is 6.92 Å². The number of rotatable bonds is 8. The van der Waals surface area contributed by atoms with Gasteiger partial charge in [-0.15, -0.1) is 0 Å². The molecule has 0 saturated carbocycles. The van der Waals surface area contributed by atoms with Crippen LogP contribution in [-0.2, 0) is 14.3 Å². The van der Waals surface area contributed by atoms with E-state index in [-0.39, 0.29) is 13.2 Å². The standard InChI is InChI=1S/C24H26N4O4S/c1-4-31-23(30)21-16(3)26-24(33)27-22(21)18-7-5-6-8-19(18)32-14-20(29)28-25-13-17-11-9-15(2)10-12-17/h5-13,22H,4,14H2,1-3H3,(H,28,29)(H2,26,27,33)/t22-/m0/s1. The molecule has 2 aromatic rings. The van der Waals surface area contributed by atoms with Gasteiger partial charge in [0.1, 0.15) is 5.75 Å². The number of thiocarbonyl (C=S) groups is 1. The van der Waals surface area contributed by atoms with Crippen molar-refractivity contribution < 1.29 is 19.1 Å². The van der Waals surface area contributed by atoms with Crippen molar-refractivity contribution in [1.29, 1.82) is 0 Å². The van der Waals surface area contributed by atoms with Crippen LogP contribution >= 0.6 is 12.2 Å². The molecule has 2 aromatic carbocycles. The summed E-state index contributed by atoms with van der Waals surface area (Å²) in [6.45, 7) is 5.49. The number of benzene rings is 2. The van der Waals surface area contributed by atoms with Crippen molar-refractivity contribution in [3.8, 4) is 5.75 Å². The topological polar surface area (TPSA) is 101 Å². The summed E-state index contributed by atoms with van der Waals surface area (Å²) in [5.41, 5.74) is 6.11. The van der Waals surface area contributed by atoms with Crippen LogP contribution in [0.25, 0.3) is 0 Å². The number of amides is 1. The van der Waals surface area contributed by atoms with Crippen LogP contribution in [0.4, 0.5) is 0 Å². The van der Waals surface area contributed by atoms with E-state index in [0.29, 0.717) is 27.7 Å². The fourth-order valence-electron chi connectivity index (χ4n) is 3.26. The molecule has 0 aromatic heterocycles. The number of hydrazone groups is 1. The Morgan fingerprint density at radius 1 is 1.15 bits per heavy atom. The molecule has 1 aliphatic heterocycles. The summed E-state index contributed by atoms with van der Waals surface area (Å²) in [7, 11) is 0. The third kappa shape index (κ3) is 6.39. The van der Waals surface area contributed by atoms with E-state index < -0.39 is 17.9 Å². The molecular weight excluding hydrogens is 440 g/mol. The summed E-state index contributed by atoms with van der Waals surface area (Å²) >= 11 is 5.28. The second-order valence-corrected chi connectivity index (χ2v) is 7.73. The highest BCUT2D eigenvalue weighted by Gasteiger charge is 2.32. The van der Waals surface area contributed by atoms with Gasteiger partial charge in [-0.2, -0.15) is 5.10 Å². The lowest BCUT2D eigenvalue weighted by molar-refractivity contribution is -0.139. The molecule has 0 unspecified atom stereocenters. The molecule has 172 valence electrons. The first-order chi connectivity index (χ1) is 15.9. The lowest BCUT2D eigenvalue weighted by atomic mass is 9.95. The van der Waals surface area contributed by atoms with Crippen LogP contribution in [0.3, 0.4) is 0 Å². The average Bonchev–Trinajstić information content (AvgIpc) is 2.79. The SMILES string of the molecule is CCOC(=O)C1=C(C)NC(=S)N[C@H]1c1ccccc1OCC(=O)NN=Cc1ccc(C)cc1. The maximum atomic E-state index is 12.6. The minimum Gasteiger partial charge on any atom is -0.483 e. The highest BCUT2D eigenvalue weighted by atomic mass is 32.1. The summed E-state index contributed by atoms with van der Waals surface area (Å²) in [5.74, 6) is -0.438. The van der Waals surface area contributed by atoms with E-state index in [1.165, 1.54) is 0 Å². The highest BCUT2D eigenvalue weighted by Crippen LogP contribution is 2.33. The van der Waals surface area contributed by atoms with Gasteiger partial charge in [-0.05, 0) is 44.6 Å². The van der Waals surface area contributed by atoms with Crippen molar-refractivity contribution in [1.82, 2.24) is 16.1 Å². The second kappa shape index (κ2) is 11.2. The normalized spacial score (nSPS) is 15.6. The van der Waals surface area contributed by atoms with E-state index >= 15 is 0 Å². The number of ether oxygens (including phenoxy) is 2. The summed E-state index contributed by atoms with van der Waals surface area (Å²) in [5, 5.41) is 10.4.